The van der Waals surface area contributed by atoms with Gasteiger partial charge in [-0.1, -0.05) is 169 Å². The summed E-state index contributed by atoms with van der Waals surface area (Å²) in [7, 11) is 13.7. The zero-order valence-corrected chi connectivity index (χ0v) is 69.7. The number of ketones is 4. The molecule has 2 aliphatic rings. The first-order valence-electron chi connectivity index (χ1n) is 34.8. The van der Waals surface area contributed by atoms with Crippen LogP contribution >= 0.6 is 86.4 Å². The first-order chi connectivity index (χ1) is 48.9. The molecule has 8 atom stereocenters. The number of ether oxygens (including phenoxy) is 2. The summed E-state index contributed by atoms with van der Waals surface area (Å²) >= 11 is 0. The Balaban J connectivity index is 0.00000107. The summed E-state index contributed by atoms with van der Waals surface area (Å²) in [6.45, 7) is 26.1. The second-order valence-corrected chi connectivity index (χ2v) is 41.5. The Labute approximate surface area is 650 Å². The van der Waals surface area contributed by atoms with E-state index in [0.29, 0.717) is 48.7 Å². The first-order valence-corrected chi connectivity index (χ1v) is 44.0. The van der Waals surface area contributed by atoms with Crippen molar-refractivity contribution >= 4 is 175 Å². The Hall–Kier alpha value is -4.63. The second-order valence-electron chi connectivity index (χ2n) is 28.8. The maximum atomic E-state index is 14.1. The van der Waals surface area contributed by atoms with Crippen LogP contribution in [-0.4, -0.2) is 229 Å². The van der Waals surface area contributed by atoms with Crippen LogP contribution in [0.15, 0.2) is 24.3 Å². The SMILES string of the molecule is CC(=O)C[C@@H](CSSC(C)(C)C)C(=O)N[C@@H](CCCCNC(=O)[C@H](CN)N1C(=O)C=CC1=O)C(=O)C[C@@H](CSSC(C)(C)C)C(N)=O.COCCC(=O)C[C@@H](CSSC(C)(C)C)C(=O)N[C@@H](CCCCNC(=O)[C@H](CN)N1C(=O)C=CC1=O)C(=O)C[C@@H](CSSC(C)(C)C)C(=O)NCCOCCC(=O)O. The number of Topliss-reactive ketones (excluding diaryl/α,β-unsaturated/α-hetero) is 4. The Morgan fingerprint density at radius 3 is 1.16 bits per heavy atom. The minimum absolute atomic E-state index is 0.00843. The number of hydrogen-bond acceptors (Lipinski definition) is 27. The fourth-order valence-electron chi connectivity index (χ4n) is 9.37. The van der Waals surface area contributed by atoms with Gasteiger partial charge in [0.05, 0.1) is 62.0 Å². The van der Waals surface area contributed by atoms with Crippen LogP contribution in [0.5, 0.6) is 0 Å². The number of carbonyl (C=O) groups is 15. The highest BCUT2D eigenvalue weighted by Crippen LogP contribution is 2.40. The fraction of sp³-hybridized carbons (Fsp3) is 0.725. The second kappa shape index (κ2) is 51.0. The van der Waals surface area contributed by atoms with Crippen LogP contribution in [0, 0.1) is 23.7 Å². The molecule has 0 spiro atoms. The van der Waals surface area contributed by atoms with Gasteiger partial charge < -0.3 is 63.2 Å². The number of nitrogens with zero attached hydrogens (tertiary/aromatic N) is 2. The predicted molar refractivity (Wildman–Crippen MR) is 424 cm³/mol. The molecule has 2 aliphatic heterocycles. The highest BCUT2D eigenvalue weighted by Gasteiger charge is 2.38. The molecule has 2 rings (SSSR count). The van der Waals surface area contributed by atoms with E-state index in [0.717, 1.165) is 34.1 Å². The van der Waals surface area contributed by atoms with Gasteiger partial charge in [-0.2, -0.15) is 0 Å². The third-order valence-electron chi connectivity index (χ3n) is 14.5. The van der Waals surface area contributed by atoms with Crippen LogP contribution in [0.1, 0.15) is 167 Å². The summed E-state index contributed by atoms with van der Waals surface area (Å²) in [6, 6.07) is -4.28. The van der Waals surface area contributed by atoms with E-state index in [9.17, 15) is 71.9 Å². The third-order valence-corrected chi connectivity index (χ3v) is 28.2. The van der Waals surface area contributed by atoms with E-state index in [1.807, 2.05) is 83.1 Å². The average Bonchev–Trinajstić information content (AvgIpc) is 1.70. The standard InChI is InChI=1S/C38H63N5O11S4.C31H51N5O7S4/c1-37(2,3)57-55-23-25(20-27(44)13-17-53-7)35(51)42-28(10-8-9-15-40-36(52)29(22-39)43-31(46)11-12-32(43)47)30(45)21-26(24-56-58-38(4,5)6)34(50)41-16-19-54-18-14-33(48)49;1-19(37)14-21(18-45-47-31(5,6)7)28(42)35-22(24(38)15-20(27(33)41)17-44-46-30(2,3)4)10-8-9-13-34-29(43)23(16-32)36-25(39)11-12-26(36)40/h11-12,25-26,28-29H,8-10,13-24,39H2,1-7H3,(H,40,52)(H,41,50)(H,42,51)(H,48,49);11-12,20-23H,8-10,13-18,32H2,1-7H3,(H2,33,41)(H,34,43)(H,35,42)/t25-,26-,28-,29-;20-,21-,22-,23-/m00/s1. The lowest BCUT2D eigenvalue weighted by Gasteiger charge is -2.25. The van der Waals surface area contributed by atoms with Crippen molar-refractivity contribution in [1.82, 2.24) is 36.4 Å². The molecule has 10 amide bonds. The van der Waals surface area contributed by atoms with Crippen LogP contribution in [0.3, 0.4) is 0 Å². The van der Waals surface area contributed by atoms with E-state index in [-0.39, 0.29) is 152 Å². The highest BCUT2D eigenvalue weighted by atomic mass is 33.1. The lowest BCUT2D eigenvalue weighted by atomic mass is 9.94. The summed E-state index contributed by atoms with van der Waals surface area (Å²) < 4.78 is 10.0. The quantitative estimate of drug-likeness (QED) is 0.0186. The third kappa shape index (κ3) is 44.0. The van der Waals surface area contributed by atoms with Crippen molar-refractivity contribution in [3.05, 3.63) is 24.3 Å². The lowest BCUT2D eigenvalue weighted by Crippen LogP contribution is -2.53. The number of imide groups is 2. The van der Waals surface area contributed by atoms with Crippen LogP contribution < -0.4 is 43.8 Å². The van der Waals surface area contributed by atoms with Crippen molar-refractivity contribution < 1.29 is 86.5 Å². The van der Waals surface area contributed by atoms with E-state index >= 15 is 0 Å². The Morgan fingerprint density at radius 2 is 0.819 bits per heavy atom. The van der Waals surface area contributed by atoms with Gasteiger partial charge in [0.1, 0.15) is 23.7 Å². The zero-order valence-electron chi connectivity index (χ0n) is 63.2. The molecule has 2 heterocycles. The normalized spacial score (nSPS) is 15.5. The number of carbonyl (C=O) groups excluding carboxylic acids is 14. The molecule has 12 N–H and O–H groups in total. The molecular formula is C69H114N10O18S8. The predicted octanol–water partition coefficient (Wildman–Crippen LogP) is 6.19. The van der Waals surface area contributed by atoms with Gasteiger partial charge in [0.15, 0.2) is 11.6 Å². The molecule has 0 saturated heterocycles. The molecule has 596 valence electrons. The largest absolute Gasteiger partial charge is 0.481 e. The van der Waals surface area contributed by atoms with Crippen LogP contribution in [0.25, 0.3) is 0 Å². The average molecular weight is 1630 g/mol. The van der Waals surface area contributed by atoms with Gasteiger partial charge in [-0.05, 0) is 45.4 Å². The Morgan fingerprint density at radius 1 is 0.467 bits per heavy atom. The lowest BCUT2D eigenvalue weighted by molar-refractivity contribution is -0.145. The minimum atomic E-state index is -1.19. The maximum absolute atomic E-state index is 14.1. The van der Waals surface area contributed by atoms with Crippen LogP contribution in [0.2, 0.25) is 0 Å². The molecule has 28 nitrogen and oxygen atoms in total. The number of nitrogens with one attached hydrogen (secondary N) is 5. The number of unbranched alkanes of at least 4 members (excludes halogenated alkanes) is 2. The summed E-state index contributed by atoms with van der Waals surface area (Å²) in [6.07, 6.45) is 5.85. The Bertz CT molecular complexity index is 2940. The number of amides is 10. The number of rotatable bonds is 53. The van der Waals surface area contributed by atoms with Gasteiger partial charge in [-0.15, -0.1) is 0 Å². The van der Waals surface area contributed by atoms with Gasteiger partial charge in [-0.3, -0.25) is 76.9 Å². The molecule has 0 aromatic rings. The molecule has 0 fully saturated rings. The van der Waals surface area contributed by atoms with Crippen molar-refractivity contribution in [1.29, 1.82) is 0 Å². The van der Waals surface area contributed by atoms with E-state index in [4.69, 9.17) is 31.8 Å². The number of primary amides is 1. The number of methoxy groups -OCH3 is 1. The topological polar surface area (TPSA) is 439 Å². The summed E-state index contributed by atoms with van der Waals surface area (Å²) in [4.78, 5) is 192. The summed E-state index contributed by atoms with van der Waals surface area (Å²) in [5.41, 5.74) is 17.1. The molecule has 0 bridgehead atoms. The minimum Gasteiger partial charge on any atom is -0.481 e. The number of carboxylic acid groups (broad SMARTS) is 1. The van der Waals surface area contributed by atoms with Crippen LogP contribution in [0.4, 0.5) is 0 Å². The number of nitrogens with two attached hydrogens (primary N) is 3. The van der Waals surface area contributed by atoms with E-state index in [2.05, 4.69) is 26.6 Å². The fourth-order valence-corrected chi connectivity index (χ4v) is 19.8. The van der Waals surface area contributed by atoms with Crippen LogP contribution in [-0.2, 0) is 81.4 Å². The zero-order chi connectivity index (χ0) is 79.8. The molecule has 0 aromatic carbocycles. The van der Waals surface area contributed by atoms with E-state index in [1.165, 1.54) is 57.2 Å². The van der Waals surface area contributed by atoms with E-state index in [1.54, 1.807) is 43.2 Å². The molecule has 0 saturated carbocycles. The Kier molecular flexibility index (Phi) is 47.7. The summed E-state index contributed by atoms with van der Waals surface area (Å²) in [5.74, 6) is -9.09. The van der Waals surface area contributed by atoms with Gasteiger partial charge in [-0.25, -0.2) is 0 Å². The molecule has 0 unspecified atom stereocenters. The number of carboxylic acids is 1. The van der Waals surface area contributed by atoms with E-state index < -0.39 is 107 Å². The molecule has 0 aromatic heterocycles. The molecule has 0 radical (unpaired) electrons. The molecule has 36 heteroatoms. The van der Waals surface area contributed by atoms with Crippen molar-refractivity contribution in [2.75, 3.05) is 82.7 Å². The first kappa shape index (κ1) is 98.4. The monoisotopic (exact) mass is 1630 g/mol. The van der Waals surface area contributed by atoms with Gasteiger partial charge in [0, 0.05) is 138 Å². The van der Waals surface area contributed by atoms with Gasteiger partial charge >= 0.3 is 5.97 Å². The van der Waals surface area contributed by atoms with Crippen molar-refractivity contribution in [2.24, 2.45) is 40.9 Å². The molecular weight excluding hydrogens is 1510 g/mol. The van der Waals surface area contributed by atoms with Crippen molar-refractivity contribution in [3.8, 4) is 0 Å². The smallest absolute Gasteiger partial charge is 0.305 e. The van der Waals surface area contributed by atoms with Gasteiger partial charge in [0.25, 0.3) is 23.6 Å². The van der Waals surface area contributed by atoms with Gasteiger partial charge in [0.2, 0.25) is 35.4 Å². The summed E-state index contributed by atoms with van der Waals surface area (Å²) in [5, 5.41) is 22.7. The number of aliphatic carboxylic acids is 1. The number of hydrogen-bond donors (Lipinski definition) is 9. The molecule has 105 heavy (non-hydrogen) atoms. The van der Waals surface area contributed by atoms with Crippen molar-refractivity contribution in [3.63, 3.8) is 0 Å². The maximum Gasteiger partial charge on any atom is 0.305 e. The highest BCUT2D eigenvalue weighted by molar-refractivity contribution is 8.78. The molecule has 0 aliphatic carbocycles. The van der Waals surface area contributed by atoms with Crippen molar-refractivity contribution in [2.45, 2.75) is 210 Å².